The van der Waals surface area contributed by atoms with Crippen LogP contribution in [0.2, 0.25) is 10.0 Å². The summed E-state index contributed by atoms with van der Waals surface area (Å²) in [6.45, 7) is 7.63. The molecule has 0 spiro atoms. The van der Waals surface area contributed by atoms with E-state index in [1.807, 2.05) is 42.5 Å². The Kier molecular flexibility index (Phi) is 4.73. The minimum Gasteiger partial charge on any atom is -0.456 e. The summed E-state index contributed by atoms with van der Waals surface area (Å²) in [5.41, 5.74) is 1.66. The molecule has 1 aromatic heterocycles. The predicted octanol–water partition coefficient (Wildman–Crippen LogP) is 5.76. The number of hydrogen-bond acceptors (Lipinski definition) is 3. The largest absolute Gasteiger partial charge is 0.456 e. The summed E-state index contributed by atoms with van der Waals surface area (Å²) < 4.78 is 11.8. The molecule has 2 heterocycles. The Bertz CT molecular complexity index is 1550. The number of fused-ring (bicyclic) bond motifs is 4. The van der Waals surface area contributed by atoms with Crippen molar-refractivity contribution in [3.8, 4) is 11.5 Å². The first-order chi connectivity index (χ1) is 15.0. The molecule has 3 nitrogen and oxygen atoms in total. The van der Waals surface area contributed by atoms with Crippen molar-refractivity contribution < 1.29 is 9.15 Å². The van der Waals surface area contributed by atoms with Crippen molar-refractivity contribution in [1.82, 2.24) is 0 Å². The lowest BCUT2D eigenvalue weighted by Crippen LogP contribution is -2.35. The zero-order valence-electron chi connectivity index (χ0n) is 16.3. The molecule has 0 bridgehead atoms. The fraction of sp³-hybridized carbons (Fsp3) is 0.0385. The van der Waals surface area contributed by atoms with E-state index in [1.165, 1.54) is 0 Å². The molecule has 1 aliphatic rings. The molecular weight excluding hydrogens is 431 g/mol. The van der Waals surface area contributed by atoms with Crippen LogP contribution in [0.3, 0.4) is 0 Å². The molecule has 3 aromatic carbocycles. The average molecular weight is 447 g/mol. The van der Waals surface area contributed by atoms with E-state index < -0.39 is 11.5 Å². The molecule has 0 saturated heterocycles. The number of hydrogen-bond donors (Lipinski definition) is 0. The van der Waals surface area contributed by atoms with Gasteiger partial charge in [0.05, 0.1) is 16.7 Å². The van der Waals surface area contributed by atoms with E-state index in [2.05, 4.69) is 13.2 Å². The van der Waals surface area contributed by atoms with Gasteiger partial charge >= 0.3 is 5.63 Å². The van der Waals surface area contributed by atoms with Gasteiger partial charge in [0, 0.05) is 15.6 Å². The molecule has 0 aliphatic carbocycles. The molecule has 1 unspecified atom stereocenters. The predicted molar refractivity (Wildman–Crippen MR) is 126 cm³/mol. The summed E-state index contributed by atoms with van der Waals surface area (Å²) in [5.74, 6) is 0.536. The van der Waals surface area contributed by atoms with Crippen molar-refractivity contribution >= 4 is 46.6 Å². The molecule has 0 N–H and O–H groups in total. The normalized spacial score (nSPS) is 15.3. The van der Waals surface area contributed by atoms with Crippen LogP contribution in [0, 0.1) is 0 Å². The second-order valence-electron chi connectivity index (χ2n) is 7.27. The summed E-state index contributed by atoms with van der Waals surface area (Å²) in [6.07, 6.45) is 3.32. The third-order valence-corrected chi connectivity index (χ3v) is 6.07. The Morgan fingerprint density at radius 3 is 2.58 bits per heavy atom. The standard InChI is InChI=1S/C26H16Cl2O3/c1-3-6-17-14(2)30-26(29)24-23(19-11-10-16(27)13-20(19)28)22-18-8-5-4-7-15(18)9-12-21(22)31-25(17)24/h3-13,23H,1-2H2/b17-6+. The minimum atomic E-state index is -0.518. The molecule has 5 rings (SSSR count). The summed E-state index contributed by atoms with van der Waals surface area (Å²) in [5, 5.41) is 3.53. The molecule has 4 aromatic rings. The van der Waals surface area contributed by atoms with Gasteiger partial charge in [-0.2, -0.15) is 0 Å². The Hall–Kier alpha value is -3.27. The maximum absolute atomic E-state index is 13.2. The van der Waals surface area contributed by atoms with Crippen LogP contribution < -0.4 is 21.0 Å². The zero-order valence-corrected chi connectivity index (χ0v) is 17.8. The fourth-order valence-electron chi connectivity index (χ4n) is 4.19. The van der Waals surface area contributed by atoms with Crippen LogP contribution in [-0.4, -0.2) is 0 Å². The highest BCUT2D eigenvalue weighted by molar-refractivity contribution is 6.35. The van der Waals surface area contributed by atoms with Crippen LogP contribution in [0.4, 0.5) is 0 Å². The molecule has 0 amide bonds. The second kappa shape index (κ2) is 7.45. The SMILES string of the molecule is C=C/C=c1/c2c(c(=O)oc1=C)C(c1ccc(Cl)cc1Cl)c1c(ccc3ccccc13)O2. The molecule has 0 radical (unpaired) electrons. The zero-order chi connectivity index (χ0) is 21.7. The van der Waals surface area contributed by atoms with Gasteiger partial charge in [-0.05, 0) is 40.6 Å². The summed E-state index contributed by atoms with van der Waals surface area (Å²) in [4.78, 5) is 13.2. The summed E-state index contributed by atoms with van der Waals surface area (Å²) >= 11 is 12.8. The molecule has 0 saturated carbocycles. The van der Waals surface area contributed by atoms with Gasteiger partial charge < -0.3 is 9.15 Å². The van der Waals surface area contributed by atoms with E-state index >= 15 is 0 Å². The van der Waals surface area contributed by atoms with Crippen LogP contribution in [0.1, 0.15) is 22.6 Å². The van der Waals surface area contributed by atoms with Crippen molar-refractivity contribution in [3.05, 3.63) is 115 Å². The lowest BCUT2D eigenvalue weighted by Gasteiger charge is -2.29. The molecule has 5 heteroatoms. The molecular formula is C26H16Cl2O3. The van der Waals surface area contributed by atoms with Gasteiger partial charge in [0.1, 0.15) is 16.9 Å². The van der Waals surface area contributed by atoms with Gasteiger partial charge in [-0.25, -0.2) is 4.79 Å². The number of allylic oxidation sites excluding steroid dienone is 1. The van der Waals surface area contributed by atoms with E-state index in [0.29, 0.717) is 32.3 Å². The van der Waals surface area contributed by atoms with E-state index in [-0.39, 0.29) is 5.42 Å². The first-order valence-corrected chi connectivity index (χ1v) is 10.4. The van der Waals surface area contributed by atoms with Crippen LogP contribution in [0.5, 0.6) is 11.5 Å². The maximum Gasteiger partial charge on any atom is 0.344 e. The van der Waals surface area contributed by atoms with Crippen molar-refractivity contribution in [1.29, 1.82) is 0 Å². The van der Waals surface area contributed by atoms with Crippen LogP contribution in [0.25, 0.3) is 23.4 Å². The van der Waals surface area contributed by atoms with Gasteiger partial charge in [-0.15, -0.1) is 0 Å². The molecule has 0 fully saturated rings. The van der Waals surface area contributed by atoms with Gasteiger partial charge in [0.25, 0.3) is 0 Å². The van der Waals surface area contributed by atoms with Crippen molar-refractivity contribution in [2.45, 2.75) is 5.92 Å². The van der Waals surface area contributed by atoms with Crippen LogP contribution >= 0.6 is 23.2 Å². The van der Waals surface area contributed by atoms with Gasteiger partial charge in [0.15, 0.2) is 0 Å². The van der Waals surface area contributed by atoms with Gasteiger partial charge in [-0.1, -0.05) is 78.8 Å². The fourth-order valence-corrected chi connectivity index (χ4v) is 4.71. The number of benzene rings is 3. The molecule has 31 heavy (non-hydrogen) atoms. The third-order valence-electron chi connectivity index (χ3n) is 5.50. The molecule has 152 valence electrons. The average Bonchev–Trinajstić information content (AvgIpc) is 2.75. The van der Waals surface area contributed by atoms with Gasteiger partial charge in [0.2, 0.25) is 0 Å². The maximum atomic E-state index is 13.2. The third kappa shape index (κ3) is 3.09. The highest BCUT2D eigenvalue weighted by Gasteiger charge is 2.35. The van der Waals surface area contributed by atoms with Crippen molar-refractivity contribution in [2.24, 2.45) is 0 Å². The Balaban J connectivity index is 1.97. The second-order valence-corrected chi connectivity index (χ2v) is 8.11. The van der Waals surface area contributed by atoms with E-state index in [4.69, 9.17) is 32.4 Å². The Morgan fingerprint density at radius 1 is 1.00 bits per heavy atom. The van der Waals surface area contributed by atoms with Gasteiger partial charge in [-0.3, -0.25) is 0 Å². The van der Waals surface area contributed by atoms with E-state index in [9.17, 15) is 4.79 Å². The Morgan fingerprint density at radius 2 is 1.81 bits per heavy atom. The lowest BCUT2D eigenvalue weighted by molar-refractivity contribution is 0.404. The topological polar surface area (TPSA) is 39.4 Å². The van der Waals surface area contributed by atoms with Crippen molar-refractivity contribution in [3.63, 3.8) is 0 Å². The first-order valence-electron chi connectivity index (χ1n) is 9.62. The lowest BCUT2D eigenvalue weighted by atomic mass is 9.81. The summed E-state index contributed by atoms with van der Waals surface area (Å²) in [7, 11) is 0. The number of ether oxygens (including phenoxy) is 1. The number of halogens is 2. The highest BCUT2D eigenvalue weighted by atomic mass is 35.5. The Labute approximate surface area is 188 Å². The molecule has 1 aliphatic heterocycles. The van der Waals surface area contributed by atoms with Crippen LogP contribution in [0.15, 0.2) is 76.5 Å². The van der Waals surface area contributed by atoms with Crippen molar-refractivity contribution in [2.75, 3.05) is 0 Å². The monoisotopic (exact) mass is 446 g/mol. The highest BCUT2D eigenvalue weighted by Crippen LogP contribution is 2.49. The first kappa shape index (κ1) is 19.7. The quantitative estimate of drug-likeness (QED) is 0.345. The minimum absolute atomic E-state index is 0.217. The van der Waals surface area contributed by atoms with E-state index in [0.717, 1.165) is 21.9 Å². The molecule has 1 atom stereocenters. The van der Waals surface area contributed by atoms with Crippen LogP contribution in [-0.2, 0) is 0 Å². The smallest absolute Gasteiger partial charge is 0.344 e. The number of rotatable bonds is 2. The summed E-state index contributed by atoms with van der Waals surface area (Å²) in [6, 6.07) is 17.1. The van der Waals surface area contributed by atoms with E-state index in [1.54, 1.807) is 24.3 Å².